The van der Waals surface area contributed by atoms with Gasteiger partial charge in [-0.2, -0.15) is 0 Å². The van der Waals surface area contributed by atoms with Crippen LogP contribution in [0.2, 0.25) is 5.02 Å². The van der Waals surface area contributed by atoms with E-state index >= 15 is 0 Å². The molecule has 1 aliphatic rings. The van der Waals surface area contributed by atoms with E-state index in [0.29, 0.717) is 14.8 Å². The Morgan fingerprint density at radius 2 is 2.00 bits per heavy atom. The number of nitrogens with one attached hydrogen (secondary N) is 1. The maximum atomic E-state index is 12.4. The highest BCUT2D eigenvalue weighted by Gasteiger charge is 2.23. The summed E-state index contributed by atoms with van der Waals surface area (Å²) in [4.78, 5) is 26.1. The summed E-state index contributed by atoms with van der Waals surface area (Å²) < 4.78 is 0. The molecule has 1 atom stereocenters. The Morgan fingerprint density at radius 3 is 2.73 bits per heavy atom. The molecule has 2 aromatic rings. The minimum atomic E-state index is -0.139. The van der Waals surface area contributed by atoms with E-state index in [-0.39, 0.29) is 17.7 Å². The molecule has 1 aromatic heterocycles. The minimum Gasteiger partial charge on any atom is -0.344 e. The lowest BCUT2D eigenvalue weighted by Crippen LogP contribution is -2.30. The molecule has 0 saturated carbocycles. The lowest BCUT2D eigenvalue weighted by molar-refractivity contribution is 0.0938. The second-order valence-electron chi connectivity index (χ2n) is 5.07. The molecule has 0 spiro atoms. The maximum Gasteiger partial charge on any atom is 0.261 e. The Kier molecular flexibility index (Phi) is 4.57. The van der Waals surface area contributed by atoms with Gasteiger partial charge in [-0.15, -0.1) is 23.1 Å². The molecule has 114 valence electrons. The molecule has 1 aliphatic heterocycles. The fourth-order valence-corrected chi connectivity index (χ4v) is 4.48. The first-order valence-corrected chi connectivity index (χ1v) is 9.06. The van der Waals surface area contributed by atoms with E-state index < -0.39 is 0 Å². The molecule has 3 nitrogen and oxygen atoms in total. The number of rotatable bonds is 3. The fraction of sp³-hybridized carbons (Fsp3) is 0.250. The number of halogens is 1. The van der Waals surface area contributed by atoms with Crippen LogP contribution in [0, 0.1) is 0 Å². The average Bonchev–Trinajstić information content (AvgIpc) is 2.98. The topological polar surface area (TPSA) is 46.2 Å². The van der Waals surface area contributed by atoms with Crippen molar-refractivity contribution in [1.29, 1.82) is 0 Å². The molecule has 3 rings (SSSR count). The van der Waals surface area contributed by atoms with Crippen molar-refractivity contribution in [2.24, 2.45) is 0 Å². The summed E-state index contributed by atoms with van der Waals surface area (Å²) in [5, 5.41) is 3.74. The molecule has 1 N–H and O–H groups in total. The zero-order valence-electron chi connectivity index (χ0n) is 11.9. The first kappa shape index (κ1) is 15.6. The van der Waals surface area contributed by atoms with Gasteiger partial charge < -0.3 is 5.32 Å². The third-order valence-corrected chi connectivity index (χ3v) is 6.04. The van der Waals surface area contributed by atoms with Gasteiger partial charge >= 0.3 is 0 Å². The van der Waals surface area contributed by atoms with Crippen molar-refractivity contribution in [2.45, 2.75) is 24.3 Å². The molecule has 2 heterocycles. The number of benzene rings is 1. The van der Waals surface area contributed by atoms with Gasteiger partial charge in [-0.25, -0.2) is 0 Å². The van der Waals surface area contributed by atoms with E-state index in [1.54, 1.807) is 23.9 Å². The predicted molar refractivity (Wildman–Crippen MR) is 91.3 cm³/mol. The number of ketones is 1. The van der Waals surface area contributed by atoms with Crippen LogP contribution in [0.25, 0.3) is 0 Å². The quantitative estimate of drug-likeness (QED) is 0.824. The van der Waals surface area contributed by atoms with Crippen molar-refractivity contribution in [3.05, 3.63) is 50.7 Å². The SMILES string of the molecule is CC(=O)c1ccc(C(=O)NC2CCSc3ccc(Cl)cc32)s1. The summed E-state index contributed by atoms with van der Waals surface area (Å²) in [6, 6.07) is 9.15. The highest BCUT2D eigenvalue weighted by Crippen LogP contribution is 2.37. The van der Waals surface area contributed by atoms with Crippen molar-refractivity contribution in [3.63, 3.8) is 0 Å². The van der Waals surface area contributed by atoms with Crippen LogP contribution in [-0.2, 0) is 0 Å². The first-order chi connectivity index (χ1) is 10.5. The zero-order valence-corrected chi connectivity index (χ0v) is 14.3. The van der Waals surface area contributed by atoms with Crippen molar-refractivity contribution >= 4 is 46.4 Å². The molecule has 1 unspecified atom stereocenters. The zero-order chi connectivity index (χ0) is 15.7. The van der Waals surface area contributed by atoms with Gasteiger partial charge in [0.1, 0.15) is 0 Å². The van der Waals surface area contributed by atoms with Crippen LogP contribution in [-0.4, -0.2) is 17.4 Å². The maximum absolute atomic E-state index is 12.4. The number of hydrogen-bond donors (Lipinski definition) is 1. The van der Waals surface area contributed by atoms with E-state index in [2.05, 4.69) is 5.32 Å². The third-order valence-electron chi connectivity index (χ3n) is 3.49. The third kappa shape index (κ3) is 3.21. The van der Waals surface area contributed by atoms with Gasteiger partial charge in [0.25, 0.3) is 5.91 Å². The summed E-state index contributed by atoms with van der Waals surface area (Å²) in [5.74, 6) is 0.804. The number of amides is 1. The molecule has 0 bridgehead atoms. The van der Waals surface area contributed by atoms with Crippen LogP contribution < -0.4 is 5.32 Å². The smallest absolute Gasteiger partial charge is 0.261 e. The Balaban J connectivity index is 1.80. The summed E-state index contributed by atoms with van der Waals surface area (Å²) in [5.41, 5.74) is 1.07. The van der Waals surface area contributed by atoms with Crippen LogP contribution in [0.15, 0.2) is 35.2 Å². The molecule has 22 heavy (non-hydrogen) atoms. The van der Waals surface area contributed by atoms with Gasteiger partial charge in [0.2, 0.25) is 0 Å². The molecule has 0 radical (unpaired) electrons. The average molecular weight is 352 g/mol. The van der Waals surface area contributed by atoms with Crippen LogP contribution in [0.3, 0.4) is 0 Å². The Morgan fingerprint density at radius 1 is 1.23 bits per heavy atom. The number of thiophene rings is 1. The van der Waals surface area contributed by atoms with Crippen LogP contribution in [0.5, 0.6) is 0 Å². The highest BCUT2D eigenvalue weighted by molar-refractivity contribution is 7.99. The van der Waals surface area contributed by atoms with E-state index in [1.807, 2.05) is 18.2 Å². The Hall–Kier alpha value is -1.30. The second-order valence-corrected chi connectivity index (χ2v) is 7.72. The molecule has 1 aromatic carbocycles. The number of fused-ring (bicyclic) bond motifs is 1. The van der Waals surface area contributed by atoms with Crippen molar-refractivity contribution in [3.8, 4) is 0 Å². The number of thioether (sulfide) groups is 1. The van der Waals surface area contributed by atoms with Gasteiger partial charge in [0.05, 0.1) is 15.8 Å². The molecular formula is C16H14ClNO2S2. The Bertz CT molecular complexity index is 741. The van der Waals surface area contributed by atoms with E-state index in [9.17, 15) is 9.59 Å². The molecule has 6 heteroatoms. The lowest BCUT2D eigenvalue weighted by atomic mass is 10.0. The minimum absolute atomic E-state index is 0.0183. The number of Topliss-reactive ketones (excluding diaryl/α,β-unsaturated/α-hetero) is 1. The molecule has 0 fully saturated rings. The van der Waals surface area contributed by atoms with E-state index in [1.165, 1.54) is 18.3 Å². The van der Waals surface area contributed by atoms with E-state index in [4.69, 9.17) is 11.6 Å². The van der Waals surface area contributed by atoms with Gasteiger partial charge in [-0.05, 0) is 49.2 Å². The predicted octanol–water partition coefficient (Wildman–Crippen LogP) is 4.57. The number of carbonyl (C=O) groups excluding carboxylic acids is 2. The van der Waals surface area contributed by atoms with Gasteiger partial charge in [0.15, 0.2) is 5.78 Å². The largest absolute Gasteiger partial charge is 0.344 e. The number of carbonyl (C=O) groups is 2. The molecule has 1 amide bonds. The summed E-state index contributed by atoms with van der Waals surface area (Å²) in [6.45, 7) is 1.50. The van der Waals surface area contributed by atoms with Crippen LogP contribution in [0.1, 0.15) is 44.3 Å². The Labute approximate surface area is 142 Å². The van der Waals surface area contributed by atoms with Gasteiger partial charge in [-0.1, -0.05) is 11.6 Å². The molecular weight excluding hydrogens is 338 g/mol. The summed E-state index contributed by atoms with van der Waals surface area (Å²) >= 11 is 9.09. The van der Waals surface area contributed by atoms with Crippen molar-refractivity contribution in [1.82, 2.24) is 5.32 Å². The second kappa shape index (κ2) is 6.44. The monoisotopic (exact) mass is 351 g/mol. The van der Waals surface area contributed by atoms with Crippen LogP contribution in [0.4, 0.5) is 0 Å². The summed E-state index contributed by atoms with van der Waals surface area (Å²) in [7, 11) is 0. The summed E-state index contributed by atoms with van der Waals surface area (Å²) in [6.07, 6.45) is 0.870. The normalized spacial score (nSPS) is 16.9. The first-order valence-electron chi connectivity index (χ1n) is 6.88. The van der Waals surface area contributed by atoms with Gasteiger partial charge in [-0.3, -0.25) is 9.59 Å². The fourth-order valence-electron chi connectivity index (χ4n) is 2.39. The van der Waals surface area contributed by atoms with Crippen LogP contribution >= 0.6 is 34.7 Å². The van der Waals surface area contributed by atoms with E-state index in [0.717, 1.165) is 22.6 Å². The van der Waals surface area contributed by atoms with Crippen molar-refractivity contribution in [2.75, 3.05) is 5.75 Å². The molecule has 0 aliphatic carbocycles. The van der Waals surface area contributed by atoms with Gasteiger partial charge in [0, 0.05) is 15.7 Å². The highest BCUT2D eigenvalue weighted by atomic mass is 35.5. The van der Waals surface area contributed by atoms with Crippen molar-refractivity contribution < 1.29 is 9.59 Å². The lowest BCUT2D eigenvalue weighted by Gasteiger charge is -2.26. The standard InChI is InChI=1S/C16H14ClNO2S2/c1-9(19)13-4-5-15(22-13)16(20)18-12-6-7-21-14-3-2-10(17)8-11(12)14/h2-5,8,12H,6-7H2,1H3,(H,18,20). The number of hydrogen-bond acceptors (Lipinski definition) is 4. The molecule has 0 saturated heterocycles.